The predicted molar refractivity (Wildman–Crippen MR) is 66.9 cm³/mol. The molecule has 0 bridgehead atoms. The molecule has 1 atom stereocenters. The SMILES string of the molecule is CC(C)NCC(O)Cc1cccc(F)c1Br. The van der Waals surface area contributed by atoms with Crippen LogP contribution in [-0.2, 0) is 6.42 Å². The Balaban J connectivity index is 2.56. The lowest BCUT2D eigenvalue weighted by molar-refractivity contribution is 0.168. The summed E-state index contributed by atoms with van der Waals surface area (Å²) in [6.45, 7) is 4.55. The van der Waals surface area contributed by atoms with Crippen molar-refractivity contribution in [3.8, 4) is 0 Å². The molecule has 1 aromatic rings. The summed E-state index contributed by atoms with van der Waals surface area (Å²) in [5.74, 6) is -0.290. The molecule has 1 aromatic carbocycles. The lowest BCUT2D eigenvalue weighted by Gasteiger charge is -2.15. The van der Waals surface area contributed by atoms with Gasteiger partial charge in [0.05, 0.1) is 10.6 Å². The average molecular weight is 290 g/mol. The Morgan fingerprint density at radius 2 is 2.12 bits per heavy atom. The summed E-state index contributed by atoms with van der Waals surface area (Å²) < 4.78 is 13.6. The van der Waals surface area contributed by atoms with Crippen molar-refractivity contribution in [2.45, 2.75) is 32.4 Å². The van der Waals surface area contributed by atoms with Crippen LogP contribution in [0.3, 0.4) is 0 Å². The molecule has 90 valence electrons. The number of hydrogen-bond acceptors (Lipinski definition) is 2. The van der Waals surface area contributed by atoms with Gasteiger partial charge in [-0.25, -0.2) is 4.39 Å². The molecule has 1 rings (SSSR count). The molecule has 2 nitrogen and oxygen atoms in total. The highest BCUT2D eigenvalue weighted by Crippen LogP contribution is 2.21. The van der Waals surface area contributed by atoms with Gasteiger partial charge in [-0.2, -0.15) is 0 Å². The molecule has 0 aliphatic heterocycles. The van der Waals surface area contributed by atoms with Crippen LogP contribution in [-0.4, -0.2) is 23.8 Å². The monoisotopic (exact) mass is 289 g/mol. The lowest BCUT2D eigenvalue weighted by atomic mass is 10.1. The van der Waals surface area contributed by atoms with E-state index in [9.17, 15) is 9.50 Å². The summed E-state index contributed by atoms with van der Waals surface area (Å²) in [5.41, 5.74) is 0.790. The standard InChI is InChI=1S/C12H17BrFNO/c1-8(2)15-7-10(16)6-9-4-3-5-11(14)12(9)13/h3-5,8,10,15-16H,6-7H2,1-2H3. The van der Waals surface area contributed by atoms with Gasteiger partial charge in [-0.3, -0.25) is 0 Å². The first kappa shape index (κ1) is 13.6. The predicted octanol–water partition coefficient (Wildman–Crippen LogP) is 2.49. The van der Waals surface area contributed by atoms with Crippen LogP contribution < -0.4 is 5.32 Å². The number of benzene rings is 1. The number of aliphatic hydroxyl groups excluding tert-OH is 1. The molecule has 0 saturated heterocycles. The van der Waals surface area contributed by atoms with Crippen LogP contribution in [0.15, 0.2) is 22.7 Å². The maximum atomic E-state index is 13.2. The summed E-state index contributed by atoms with van der Waals surface area (Å²) in [6, 6.07) is 5.20. The van der Waals surface area contributed by atoms with Crippen molar-refractivity contribution in [3.63, 3.8) is 0 Å². The van der Waals surface area contributed by atoms with Crippen LogP contribution in [0.5, 0.6) is 0 Å². The van der Waals surface area contributed by atoms with E-state index >= 15 is 0 Å². The molecule has 0 spiro atoms. The van der Waals surface area contributed by atoms with Crippen LogP contribution in [0.25, 0.3) is 0 Å². The summed E-state index contributed by atoms with van der Waals surface area (Å²) in [5, 5.41) is 12.9. The Bertz CT molecular complexity index is 344. The maximum Gasteiger partial charge on any atom is 0.137 e. The van der Waals surface area contributed by atoms with Gasteiger partial charge >= 0.3 is 0 Å². The van der Waals surface area contributed by atoms with E-state index in [0.717, 1.165) is 5.56 Å². The van der Waals surface area contributed by atoms with Gasteiger partial charge in [0.1, 0.15) is 5.82 Å². The first-order valence-corrected chi connectivity index (χ1v) is 6.14. The number of nitrogens with one attached hydrogen (secondary N) is 1. The lowest BCUT2D eigenvalue weighted by Crippen LogP contribution is -2.33. The molecule has 4 heteroatoms. The number of hydrogen-bond donors (Lipinski definition) is 2. The van der Waals surface area contributed by atoms with E-state index in [1.165, 1.54) is 6.07 Å². The molecule has 0 radical (unpaired) electrons. The maximum absolute atomic E-state index is 13.2. The first-order chi connectivity index (χ1) is 7.50. The molecule has 0 aliphatic carbocycles. The zero-order valence-corrected chi connectivity index (χ0v) is 11.1. The van der Waals surface area contributed by atoms with Crippen molar-refractivity contribution in [1.82, 2.24) is 5.32 Å². The highest BCUT2D eigenvalue weighted by atomic mass is 79.9. The van der Waals surface area contributed by atoms with Crippen LogP contribution in [0.2, 0.25) is 0 Å². The number of aliphatic hydroxyl groups is 1. The third kappa shape index (κ3) is 4.20. The quantitative estimate of drug-likeness (QED) is 0.873. The molecule has 0 aliphatic rings. The Morgan fingerprint density at radius 1 is 1.44 bits per heavy atom. The number of rotatable bonds is 5. The second kappa shape index (κ2) is 6.33. The fourth-order valence-corrected chi connectivity index (χ4v) is 1.83. The van der Waals surface area contributed by atoms with Crippen molar-refractivity contribution in [3.05, 3.63) is 34.1 Å². The van der Waals surface area contributed by atoms with E-state index in [1.54, 1.807) is 6.07 Å². The highest BCUT2D eigenvalue weighted by molar-refractivity contribution is 9.10. The molecule has 0 aromatic heterocycles. The summed E-state index contributed by atoms with van der Waals surface area (Å²) in [6.07, 6.45) is -0.0570. The smallest absolute Gasteiger partial charge is 0.137 e. The van der Waals surface area contributed by atoms with Gasteiger partial charge in [0.2, 0.25) is 0 Å². The number of halogens is 2. The van der Waals surface area contributed by atoms with Gasteiger partial charge in [-0.05, 0) is 27.6 Å². The molecule has 0 amide bonds. The van der Waals surface area contributed by atoms with E-state index in [2.05, 4.69) is 21.2 Å². The Labute approximate surface area is 104 Å². The third-order valence-corrected chi connectivity index (χ3v) is 3.14. The minimum atomic E-state index is -0.500. The fourth-order valence-electron chi connectivity index (χ4n) is 1.40. The normalized spacial score (nSPS) is 13.1. The summed E-state index contributed by atoms with van der Waals surface area (Å²) >= 11 is 3.18. The second-order valence-electron chi connectivity index (χ2n) is 4.13. The van der Waals surface area contributed by atoms with Crippen molar-refractivity contribution < 1.29 is 9.50 Å². The van der Waals surface area contributed by atoms with Gasteiger partial charge in [-0.15, -0.1) is 0 Å². The van der Waals surface area contributed by atoms with Gasteiger partial charge in [0.25, 0.3) is 0 Å². The van der Waals surface area contributed by atoms with E-state index in [-0.39, 0.29) is 5.82 Å². The molecular weight excluding hydrogens is 273 g/mol. The topological polar surface area (TPSA) is 32.3 Å². The van der Waals surface area contributed by atoms with Crippen molar-refractivity contribution in [2.24, 2.45) is 0 Å². The second-order valence-corrected chi connectivity index (χ2v) is 4.93. The minimum Gasteiger partial charge on any atom is -0.391 e. The van der Waals surface area contributed by atoms with E-state index in [4.69, 9.17) is 0 Å². The Hall–Kier alpha value is -0.450. The summed E-state index contributed by atoms with van der Waals surface area (Å²) in [4.78, 5) is 0. The molecule has 16 heavy (non-hydrogen) atoms. The van der Waals surface area contributed by atoms with Gasteiger partial charge < -0.3 is 10.4 Å². The molecule has 2 N–H and O–H groups in total. The molecule has 0 saturated carbocycles. The summed E-state index contributed by atoms with van der Waals surface area (Å²) in [7, 11) is 0. The Morgan fingerprint density at radius 3 is 2.75 bits per heavy atom. The molecule has 0 fully saturated rings. The van der Waals surface area contributed by atoms with Crippen LogP contribution in [0, 0.1) is 5.82 Å². The zero-order chi connectivity index (χ0) is 12.1. The van der Waals surface area contributed by atoms with Crippen molar-refractivity contribution >= 4 is 15.9 Å². The van der Waals surface area contributed by atoms with Gasteiger partial charge in [0.15, 0.2) is 0 Å². The van der Waals surface area contributed by atoms with Crippen LogP contribution >= 0.6 is 15.9 Å². The van der Waals surface area contributed by atoms with Crippen LogP contribution in [0.1, 0.15) is 19.4 Å². The van der Waals surface area contributed by atoms with E-state index < -0.39 is 6.10 Å². The minimum absolute atomic E-state index is 0.290. The van der Waals surface area contributed by atoms with Gasteiger partial charge in [0, 0.05) is 19.0 Å². The van der Waals surface area contributed by atoms with E-state index in [1.807, 2.05) is 19.9 Å². The third-order valence-electron chi connectivity index (χ3n) is 2.25. The Kier molecular flexibility index (Phi) is 5.38. The first-order valence-electron chi connectivity index (χ1n) is 5.35. The van der Waals surface area contributed by atoms with Crippen LogP contribution in [0.4, 0.5) is 4.39 Å². The van der Waals surface area contributed by atoms with Gasteiger partial charge in [-0.1, -0.05) is 26.0 Å². The average Bonchev–Trinajstić information content (AvgIpc) is 2.22. The molecule has 1 unspecified atom stereocenters. The zero-order valence-electron chi connectivity index (χ0n) is 9.50. The van der Waals surface area contributed by atoms with Crippen molar-refractivity contribution in [2.75, 3.05) is 6.54 Å². The highest BCUT2D eigenvalue weighted by Gasteiger charge is 2.10. The molecular formula is C12H17BrFNO. The molecule has 0 heterocycles. The fraction of sp³-hybridized carbons (Fsp3) is 0.500. The van der Waals surface area contributed by atoms with E-state index in [0.29, 0.717) is 23.5 Å². The largest absolute Gasteiger partial charge is 0.391 e. The van der Waals surface area contributed by atoms with Crippen molar-refractivity contribution in [1.29, 1.82) is 0 Å².